The molecule has 3 nitrogen and oxygen atoms in total. The van der Waals surface area contributed by atoms with E-state index in [4.69, 9.17) is 17.3 Å². The number of imidazole rings is 1. The molecule has 0 bridgehead atoms. The molecular weight excluding hydrogens is 246 g/mol. The van der Waals surface area contributed by atoms with E-state index in [0.29, 0.717) is 0 Å². The van der Waals surface area contributed by atoms with Crippen molar-refractivity contribution in [3.8, 4) is 0 Å². The van der Waals surface area contributed by atoms with Crippen LogP contribution in [-0.2, 0) is 6.42 Å². The summed E-state index contributed by atoms with van der Waals surface area (Å²) in [6.07, 6.45) is 4.51. The minimum atomic E-state index is 0.734. The van der Waals surface area contributed by atoms with Crippen LogP contribution in [0.5, 0.6) is 0 Å². The molecule has 4 heteroatoms. The van der Waals surface area contributed by atoms with Crippen LogP contribution in [0.3, 0.4) is 0 Å². The van der Waals surface area contributed by atoms with Gasteiger partial charge in [-0.15, -0.1) is 0 Å². The van der Waals surface area contributed by atoms with Gasteiger partial charge in [0, 0.05) is 17.6 Å². The van der Waals surface area contributed by atoms with Crippen molar-refractivity contribution in [1.82, 2.24) is 9.38 Å². The van der Waals surface area contributed by atoms with Crippen LogP contribution in [0.4, 0.5) is 5.69 Å². The molecule has 2 aromatic heterocycles. The number of hydrogen-bond donors (Lipinski definition) is 1. The smallest absolute Gasteiger partial charge is 0.117 e. The van der Waals surface area contributed by atoms with Gasteiger partial charge in [0.1, 0.15) is 5.82 Å². The number of benzene rings is 1. The van der Waals surface area contributed by atoms with E-state index in [1.807, 2.05) is 47.0 Å². The first-order chi connectivity index (χ1) is 8.74. The number of anilines is 1. The summed E-state index contributed by atoms with van der Waals surface area (Å²) in [5.74, 6) is 0.958. The molecule has 0 amide bonds. The summed E-state index contributed by atoms with van der Waals surface area (Å²) in [7, 11) is 0. The van der Waals surface area contributed by atoms with E-state index in [9.17, 15) is 0 Å². The Morgan fingerprint density at radius 2 is 2.11 bits per heavy atom. The van der Waals surface area contributed by atoms with Gasteiger partial charge < -0.3 is 10.1 Å². The van der Waals surface area contributed by atoms with Crippen LogP contribution < -0.4 is 5.73 Å². The zero-order valence-electron chi connectivity index (χ0n) is 9.68. The number of rotatable bonds is 2. The Hall–Kier alpha value is -2.00. The van der Waals surface area contributed by atoms with Crippen molar-refractivity contribution in [2.75, 3.05) is 5.73 Å². The van der Waals surface area contributed by atoms with Gasteiger partial charge in [-0.1, -0.05) is 23.7 Å². The zero-order chi connectivity index (χ0) is 12.5. The number of hydrogen-bond acceptors (Lipinski definition) is 2. The van der Waals surface area contributed by atoms with Crippen molar-refractivity contribution >= 4 is 22.8 Å². The van der Waals surface area contributed by atoms with Gasteiger partial charge in [-0.05, 0) is 29.8 Å². The topological polar surface area (TPSA) is 43.3 Å². The monoisotopic (exact) mass is 257 g/mol. The molecule has 0 aliphatic carbocycles. The van der Waals surface area contributed by atoms with Gasteiger partial charge in [-0.2, -0.15) is 0 Å². The normalized spacial score (nSPS) is 10.9. The maximum Gasteiger partial charge on any atom is 0.117 e. The lowest BCUT2D eigenvalue weighted by Crippen LogP contribution is -1.97. The Morgan fingerprint density at radius 3 is 2.94 bits per heavy atom. The predicted molar refractivity (Wildman–Crippen MR) is 73.9 cm³/mol. The summed E-state index contributed by atoms with van der Waals surface area (Å²) in [6, 6.07) is 11.6. The summed E-state index contributed by atoms with van der Waals surface area (Å²) >= 11 is 5.98. The lowest BCUT2D eigenvalue weighted by Gasteiger charge is -2.03. The molecule has 0 atom stereocenters. The summed E-state index contributed by atoms with van der Waals surface area (Å²) in [5, 5.41) is 0.743. The van der Waals surface area contributed by atoms with Crippen molar-refractivity contribution < 1.29 is 0 Å². The van der Waals surface area contributed by atoms with Gasteiger partial charge in [0.2, 0.25) is 0 Å². The van der Waals surface area contributed by atoms with Crippen molar-refractivity contribution in [1.29, 1.82) is 0 Å². The van der Waals surface area contributed by atoms with Gasteiger partial charge in [-0.3, -0.25) is 0 Å². The molecule has 0 spiro atoms. The number of halogens is 1. The van der Waals surface area contributed by atoms with Crippen LogP contribution in [0.25, 0.3) is 5.52 Å². The number of nitrogen functional groups attached to an aromatic ring is 1. The van der Waals surface area contributed by atoms with Crippen molar-refractivity contribution in [2.24, 2.45) is 0 Å². The van der Waals surface area contributed by atoms with Crippen molar-refractivity contribution in [2.45, 2.75) is 6.42 Å². The molecule has 0 fully saturated rings. The number of aromatic nitrogens is 2. The quantitative estimate of drug-likeness (QED) is 0.766. The Kier molecular flexibility index (Phi) is 2.68. The summed E-state index contributed by atoms with van der Waals surface area (Å²) in [5.41, 5.74) is 8.72. The fraction of sp³-hybridized carbons (Fsp3) is 0.0714. The standard InChI is InChI=1S/C14H12ClN3/c15-11-4-1-3-10(7-11)8-14-17-9-13-12(16)5-2-6-18(13)14/h1-7,9H,8,16H2. The predicted octanol–water partition coefficient (Wildman–Crippen LogP) is 3.16. The Labute approximate surface area is 110 Å². The third-order valence-corrected chi connectivity index (χ3v) is 3.17. The van der Waals surface area contributed by atoms with Crippen LogP contribution in [0.1, 0.15) is 11.4 Å². The van der Waals surface area contributed by atoms with E-state index in [1.54, 1.807) is 6.20 Å². The van der Waals surface area contributed by atoms with Gasteiger partial charge >= 0.3 is 0 Å². The number of pyridine rings is 1. The Bertz CT molecular complexity index is 703. The molecule has 1 aromatic carbocycles. The van der Waals surface area contributed by atoms with E-state index < -0.39 is 0 Å². The molecule has 0 aliphatic rings. The summed E-state index contributed by atoms with van der Waals surface area (Å²) < 4.78 is 2.01. The first kappa shape index (κ1) is 11.1. The van der Waals surface area contributed by atoms with E-state index in [2.05, 4.69) is 4.98 Å². The van der Waals surface area contributed by atoms with E-state index in [0.717, 1.165) is 34.0 Å². The highest BCUT2D eigenvalue weighted by atomic mass is 35.5. The summed E-state index contributed by atoms with van der Waals surface area (Å²) in [4.78, 5) is 4.42. The number of fused-ring (bicyclic) bond motifs is 1. The van der Waals surface area contributed by atoms with Crippen LogP contribution in [0.2, 0.25) is 5.02 Å². The molecule has 0 saturated heterocycles. The van der Waals surface area contributed by atoms with E-state index >= 15 is 0 Å². The molecule has 90 valence electrons. The third kappa shape index (κ3) is 1.93. The largest absolute Gasteiger partial charge is 0.397 e. The minimum Gasteiger partial charge on any atom is -0.397 e. The van der Waals surface area contributed by atoms with Crippen molar-refractivity contribution in [3.05, 3.63) is 65.2 Å². The number of nitrogens with two attached hydrogens (primary N) is 1. The summed E-state index contributed by atoms with van der Waals surface area (Å²) in [6.45, 7) is 0. The van der Waals surface area contributed by atoms with Crippen LogP contribution >= 0.6 is 11.6 Å². The zero-order valence-corrected chi connectivity index (χ0v) is 10.4. The molecule has 0 radical (unpaired) electrons. The van der Waals surface area contributed by atoms with E-state index in [1.165, 1.54) is 0 Å². The molecule has 2 N–H and O–H groups in total. The average molecular weight is 258 g/mol. The number of nitrogens with zero attached hydrogens (tertiary/aromatic N) is 2. The highest BCUT2D eigenvalue weighted by molar-refractivity contribution is 6.30. The van der Waals surface area contributed by atoms with Crippen LogP contribution in [0, 0.1) is 0 Å². The lowest BCUT2D eigenvalue weighted by atomic mass is 10.1. The molecule has 2 heterocycles. The fourth-order valence-corrected chi connectivity index (χ4v) is 2.27. The lowest BCUT2D eigenvalue weighted by molar-refractivity contribution is 0.962. The molecule has 3 aromatic rings. The highest BCUT2D eigenvalue weighted by Gasteiger charge is 2.06. The van der Waals surface area contributed by atoms with Gasteiger partial charge in [0.25, 0.3) is 0 Å². The molecule has 0 aliphatic heterocycles. The van der Waals surface area contributed by atoms with Gasteiger partial charge in [0.15, 0.2) is 0 Å². The van der Waals surface area contributed by atoms with Gasteiger partial charge in [-0.25, -0.2) is 4.98 Å². The highest BCUT2D eigenvalue weighted by Crippen LogP contribution is 2.18. The molecular formula is C14H12ClN3. The average Bonchev–Trinajstić information content (AvgIpc) is 2.74. The molecule has 0 saturated carbocycles. The first-order valence-corrected chi connectivity index (χ1v) is 6.07. The maximum atomic E-state index is 5.98. The molecule has 0 unspecified atom stereocenters. The van der Waals surface area contributed by atoms with Crippen LogP contribution in [-0.4, -0.2) is 9.38 Å². The van der Waals surface area contributed by atoms with E-state index in [-0.39, 0.29) is 0 Å². The second-order valence-corrected chi connectivity index (χ2v) is 4.64. The second-order valence-electron chi connectivity index (χ2n) is 4.20. The van der Waals surface area contributed by atoms with Crippen LogP contribution in [0.15, 0.2) is 48.8 Å². The maximum absolute atomic E-state index is 5.98. The van der Waals surface area contributed by atoms with Gasteiger partial charge in [0.05, 0.1) is 17.4 Å². The third-order valence-electron chi connectivity index (χ3n) is 2.93. The van der Waals surface area contributed by atoms with Crippen molar-refractivity contribution in [3.63, 3.8) is 0 Å². The second kappa shape index (κ2) is 4.35. The fourth-order valence-electron chi connectivity index (χ4n) is 2.06. The Balaban J connectivity index is 2.03. The molecule has 18 heavy (non-hydrogen) atoms. The SMILES string of the molecule is Nc1cccn2c(Cc3cccc(Cl)c3)ncc12. The molecule has 3 rings (SSSR count). The first-order valence-electron chi connectivity index (χ1n) is 5.69. The minimum absolute atomic E-state index is 0.734. The Morgan fingerprint density at radius 1 is 1.22 bits per heavy atom.